The first-order valence-electron chi connectivity index (χ1n) is 4.60. The van der Waals surface area contributed by atoms with Gasteiger partial charge in [0.1, 0.15) is 11.3 Å². The number of fused-ring (bicyclic) bond motifs is 1. The minimum absolute atomic E-state index is 0. The molecule has 0 radical (unpaired) electrons. The Bertz CT molecular complexity index is 718. The zero-order valence-corrected chi connectivity index (χ0v) is 14.1. The van der Waals surface area contributed by atoms with Crippen LogP contribution in [0.3, 0.4) is 0 Å². The predicted octanol–water partition coefficient (Wildman–Crippen LogP) is -1.73. The van der Waals surface area contributed by atoms with Gasteiger partial charge in [-0.15, -0.1) is 0 Å². The molecule has 100 valence electrons. The van der Waals surface area contributed by atoms with Crippen molar-refractivity contribution >= 4 is 21.4 Å². The van der Waals surface area contributed by atoms with E-state index in [1.807, 2.05) is 6.92 Å². The van der Waals surface area contributed by atoms with Crippen LogP contribution in [-0.4, -0.2) is 22.6 Å². The standard InChI is InChI=1S/C10H8O3.K.H2O4S.H/c1-6-4-10(12)13-9-5-7(11)2-3-8(6)9;;1-5(2,3)4;/h2-5,11H,1H3;;(H2,1,2,3,4);/q;+1;;-1. The summed E-state index contributed by atoms with van der Waals surface area (Å²) in [4.78, 5) is 11.0. The van der Waals surface area contributed by atoms with Crippen LogP contribution in [0, 0.1) is 6.92 Å². The van der Waals surface area contributed by atoms with Gasteiger partial charge in [-0.25, -0.2) is 4.79 Å². The fourth-order valence-electron chi connectivity index (χ4n) is 1.31. The fourth-order valence-corrected chi connectivity index (χ4v) is 1.31. The van der Waals surface area contributed by atoms with E-state index in [1.54, 1.807) is 12.1 Å². The molecular formula is C10H11KO7S. The van der Waals surface area contributed by atoms with E-state index >= 15 is 0 Å². The van der Waals surface area contributed by atoms with Crippen molar-refractivity contribution in [3.05, 3.63) is 40.2 Å². The average Bonchev–Trinajstić information content (AvgIpc) is 2.13. The van der Waals surface area contributed by atoms with Gasteiger partial charge in [0.2, 0.25) is 0 Å². The summed E-state index contributed by atoms with van der Waals surface area (Å²) in [6, 6.07) is 6.15. The monoisotopic (exact) mass is 314 g/mol. The Morgan fingerprint density at radius 2 is 1.74 bits per heavy atom. The van der Waals surface area contributed by atoms with Crippen molar-refractivity contribution in [2.75, 3.05) is 0 Å². The van der Waals surface area contributed by atoms with Gasteiger partial charge in [0.15, 0.2) is 0 Å². The summed E-state index contributed by atoms with van der Waals surface area (Å²) in [7, 11) is -4.67. The summed E-state index contributed by atoms with van der Waals surface area (Å²) in [5.74, 6) is 0.0984. The molecule has 7 nitrogen and oxygen atoms in total. The number of hydrogen-bond donors (Lipinski definition) is 3. The van der Waals surface area contributed by atoms with Crippen LogP contribution in [0.5, 0.6) is 5.75 Å². The molecule has 1 aromatic heterocycles. The SMILES string of the molecule is Cc1cc(=O)oc2cc(O)ccc12.O=S(=O)(O)O.[H-].[K+]. The van der Waals surface area contributed by atoms with Crippen molar-refractivity contribution in [3.8, 4) is 5.75 Å². The third-order valence-corrected chi connectivity index (χ3v) is 1.93. The van der Waals surface area contributed by atoms with Crippen LogP contribution in [0.2, 0.25) is 0 Å². The molecule has 0 aliphatic heterocycles. The molecule has 2 rings (SSSR count). The molecule has 2 aromatic rings. The van der Waals surface area contributed by atoms with Gasteiger partial charge in [0, 0.05) is 17.5 Å². The van der Waals surface area contributed by atoms with Gasteiger partial charge in [0.25, 0.3) is 0 Å². The Hall–Kier alpha value is -0.264. The second kappa shape index (κ2) is 7.50. The number of aromatic hydroxyl groups is 1. The number of rotatable bonds is 0. The van der Waals surface area contributed by atoms with Crippen molar-refractivity contribution in [1.29, 1.82) is 0 Å². The number of phenols is 1. The molecule has 0 atom stereocenters. The van der Waals surface area contributed by atoms with Gasteiger partial charge in [-0.2, -0.15) is 8.42 Å². The van der Waals surface area contributed by atoms with Crippen molar-refractivity contribution in [3.63, 3.8) is 0 Å². The Balaban J connectivity index is 0. The van der Waals surface area contributed by atoms with Crippen molar-refractivity contribution < 1.29 is 79.9 Å². The minimum Gasteiger partial charge on any atom is -1.00 e. The zero-order chi connectivity index (χ0) is 13.9. The van der Waals surface area contributed by atoms with Crippen molar-refractivity contribution in [1.82, 2.24) is 0 Å². The summed E-state index contributed by atoms with van der Waals surface area (Å²) >= 11 is 0. The molecule has 9 heteroatoms. The summed E-state index contributed by atoms with van der Waals surface area (Å²) in [6.45, 7) is 1.83. The second-order valence-electron chi connectivity index (χ2n) is 3.38. The molecule has 1 aromatic carbocycles. The number of aryl methyl sites for hydroxylation is 1. The molecule has 19 heavy (non-hydrogen) atoms. The first-order chi connectivity index (χ1) is 8.16. The van der Waals surface area contributed by atoms with Crippen LogP contribution in [-0.2, 0) is 10.4 Å². The molecule has 0 aliphatic carbocycles. The smallest absolute Gasteiger partial charge is 1.00 e. The zero-order valence-electron chi connectivity index (χ0n) is 11.2. The van der Waals surface area contributed by atoms with Crippen molar-refractivity contribution in [2.24, 2.45) is 0 Å². The van der Waals surface area contributed by atoms with Gasteiger partial charge in [-0.3, -0.25) is 9.11 Å². The maximum absolute atomic E-state index is 11.0. The second-order valence-corrected chi connectivity index (χ2v) is 4.27. The Labute approximate surface area is 152 Å². The molecule has 3 N–H and O–H groups in total. The minimum atomic E-state index is -4.67. The van der Waals surface area contributed by atoms with E-state index in [1.165, 1.54) is 12.1 Å². The molecular weight excluding hydrogens is 303 g/mol. The maximum atomic E-state index is 11.0. The summed E-state index contributed by atoms with van der Waals surface area (Å²) < 4.78 is 36.5. The third kappa shape index (κ3) is 7.18. The van der Waals surface area contributed by atoms with Crippen LogP contribution in [0.15, 0.2) is 33.5 Å². The predicted molar refractivity (Wildman–Crippen MR) is 64.2 cm³/mol. The van der Waals surface area contributed by atoms with E-state index in [0.29, 0.717) is 5.58 Å². The number of hydrogen-bond acceptors (Lipinski definition) is 5. The first kappa shape index (κ1) is 18.7. The van der Waals surface area contributed by atoms with Crippen LogP contribution >= 0.6 is 0 Å². The van der Waals surface area contributed by atoms with Crippen LogP contribution in [0.25, 0.3) is 11.0 Å². The molecule has 0 amide bonds. The van der Waals surface area contributed by atoms with E-state index in [2.05, 4.69) is 0 Å². The van der Waals surface area contributed by atoms with Gasteiger partial charge < -0.3 is 11.0 Å². The summed E-state index contributed by atoms with van der Waals surface area (Å²) in [5.41, 5.74) is 0.881. The van der Waals surface area contributed by atoms with Gasteiger partial charge in [-0.05, 0) is 24.6 Å². The summed E-state index contributed by atoms with van der Waals surface area (Å²) in [5, 5.41) is 9.99. The van der Waals surface area contributed by atoms with Crippen LogP contribution in [0.1, 0.15) is 6.99 Å². The fraction of sp³-hybridized carbons (Fsp3) is 0.100. The van der Waals surface area contributed by atoms with Crippen LogP contribution < -0.4 is 57.0 Å². The quantitative estimate of drug-likeness (QED) is 0.300. The number of benzene rings is 1. The maximum Gasteiger partial charge on any atom is 1.00 e. The van der Waals surface area contributed by atoms with Crippen molar-refractivity contribution in [2.45, 2.75) is 6.92 Å². The van der Waals surface area contributed by atoms with Gasteiger partial charge in [0.05, 0.1) is 0 Å². The number of phenolic OH excluding ortho intramolecular Hbond substituents is 1. The van der Waals surface area contributed by atoms with E-state index in [9.17, 15) is 4.79 Å². The molecule has 1 heterocycles. The summed E-state index contributed by atoms with van der Waals surface area (Å²) in [6.07, 6.45) is 0. The van der Waals surface area contributed by atoms with Crippen LogP contribution in [0.4, 0.5) is 0 Å². The Kier molecular flexibility index (Phi) is 7.40. The molecule has 0 fully saturated rings. The Morgan fingerprint density at radius 1 is 1.21 bits per heavy atom. The third-order valence-electron chi connectivity index (χ3n) is 1.93. The Morgan fingerprint density at radius 3 is 2.26 bits per heavy atom. The van der Waals surface area contributed by atoms with E-state index in [-0.39, 0.29) is 58.6 Å². The average molecular weight is 314 g/mol. The van der Waals surface area contributed by atoms with Gasteiger partial charge >= 0.3 is 67.4 Å². The van der Waals surface area contributed by atoms with Gasteiger partial charge in [-0.1, -0.05) is 0 Å². The first-order valence-corrected chi connectivity index (χ1v) is 6.00. The molecule has 0 unspecified atom stereocenters. The largest absolute Gasteiger partial charge is 1.00 e. The van der Waals surface area contributed by atoms with E-state index in [4.69, 9.17) is 27.0 Å². The molecule has 0 bridgehead atoms. The van der Waals surface area contributed by atoms with E-state index < -0.39 is 16.0 Å². The molecule has 0 saturated heterocycles. The topological polar surface area (TPSA) is 125 Å². The normalized spacial score (nSPS) is 10.3. The molecule has 0 saturated carbocycles. The molecule has 0 spiro atoms. The van der Waals surface area contributed by atoms with E-state index in [0.717, 1.165) is 10.9 Å². The molecule has 0 aliphatic rings.